The number of benzene rings is 2. The van der Waals surface area contributed by atoms with E-state index in [4.69, 9.17) is 16.3 Å². The first kappa shape index (κ1) is 20.3. The highest BCUT2D eigenvalue weighted by molar-refractivity contribution is 7.21. The summed E-state index contributed by atoms with van der Waals surface area (Å²) in [6.07, 6.45) is 10.4. The average molecular weight is 439 g/mol. The molecule has 2 heterocycles. The van der Waals surface area contributed by atoms with E-state index in [1.165, 1.54) is 0 Å². The van der Waals surface area contributed by atoms with Crippen molar-refractivity contribution < 1.29 is 9.23 Å². The summed E-state index contributed by atoms with van der Waals surface area (Å²) >= 11 is 6.27. The van der Waals surface area contributed by atoms with Gasteiger partial charge in [0, 0.05) is 17.7 Å². The van der Waals surface area contributed by atoms with E-state index in [1.54, 1.807) is 0 Å². The number of halogens is 1. The molecule has 0 unspecified atom stereocenters. The van der Waals surface area contributed by atoms with Crippen molar-refractivity contribution in [3.05, 3.63) is 119 Å². The van der Waals surface area contributed by atoms with Crippen LogP contribution < -0.4 is 16.4 Å². The van der Waals surface area contributed by atoms with Gasteiger partial charge in [0.1, 0.15) is 14.1 Å². The molecule has 0 spiro atoms. The molecular weight excluding hydrogens is 417 g/mol. The van der Waals surface area contributed by atoms with E-state index < -0.39 is 6.35 Å². The van der Waals surface area contributed by atoms with E-state index in [1.807, 2.05) is 62.6 Å². The number of fused-ring (bicyclic) bond motifs is 1. The Bertz CT molecular complexity index is 1220. The zero-order valence-corrected chi connectivity index (χ0v) is 18.7. The largest absolute Gasteiger partial charge is 0.701 e. The van der Waals surface area contributed by atoms with Gasteiger partial charge in [0.05, 0.1) is 5.76 Å². The third-order valence-electron chi connectivity index (χ3n) is 6.01. The van der Waals surface area contributed by atoms with E-state index in [9.17, 15) is 0 Å². The van der Waals surface area contributed by atoms with Crippen molar-refractivity contribution in [2.45, 2.75) is 0 Å². The van der Waals surface area contributed by atoms with Crippen molar-refractivity contribution in [3.8, 4) is 0 Å². The lowest BCUT2D eigenvalue weighted by atomic mass is 9.27. The van der Waals surface area contributed by atoms with Gasteiger partial charge in [-0.05, 0) is 35.5 Å². The van der Waals surface area contributed by atoms with Crippen LogP contribution in [0.1, 0.15) is 0 Å². The number of rotatable bonds is 2. The number of allylic oxidation sites excluding steroid dienone is 8. The Kier molecular flexibility index (Phi) is 5.20. The van der Waals surface area contributed by atoms with Crippen LogP contribution in [0, 0.1) is 0 Å². The van der Waals surface area contributed by atoms with Crippen molar-refractivity contribution in [1.82, 2.24) is 5.43 Å². The Morgan fingerprint density at radius 3 is 1.97 bits per heavy atom. The number of nitrogens with zero attached hydrogens (tertiary/aromatic N) is 3. The first-order chi connectivity index (χ1) is 15.6. The van der Waals surface area contributed by atoms with E-state index in [0.717, 1.165) is 39.2 Å². The lowest BCUT2D eigenvalue weighted by Gasteiger charge is -2.49. The van der Waals surface area contributed by atoms with Crippen LogP contribution in [0.25, 0.3) is 0 Å². The number of hydrogen-bond donors (Lipinski definition) is 0. The fraction of sp³-hybridized carbons (Fsp3) is 0.0769. The second-order valence-corrected chi connectivity index (χ2v) is 8.57. The standard InChI is InChI=1S/C26H22BClN3O/c1-31(2)23-15-13-19(14-16-23)24-17-20-18-25(28)29-30-26(20)27(32-24,21-9-5-3-6-10-21)22-11-7-4-8-12-22/h3-18H,1-2H3. The van der Waals surface area contributed by atoms with Crippen LogP contribution in [0.3, 0.4) is 0 Å². The minimum absolute atomic E-state index is 0.357. The summed E-state index contributed by atoms with van der Waals surface area (Å²) in [5, 5.41) is 4.92. The summed E-state index contributed by atoms with van der Waals surface area (Å²) in [7, 11) is 4.06. The van der Waals surface area contributed by atoms with Crippen molar-refractivity contribution in [1.29, 1.82) is 0 Å². The SMILES string of the molecule is C[N+](C)=C1C=CC(=C2C=C3C=C(Cl)[N]N=C3[B-](c3ccccc3)(c3ccccc3)O2)C=C1. The first-order valence-corrected chi connectivity index (χ1v) is 10.9. The smallest absolute Gasteiger partial charge is 0.269 e. The maximum Gasteiger partial charge on any atom is 0.269 e. The topological polar surface area (TPSA) is 38.7 Å². The molecule has 2 aromatic carbocycles. The average Bonchev–Trinajstić information content (AvgIpc) is 2.84. The number of hydrogen-bond acceptors (Lipinski definition) is 2. The zero-order chi connectivity index (χ0) is 22.1. The van der Waals surface area contributed by atoms with Crippen LogP contribution in [0.2, 0.25) is 0 Å². The molecule has 32 heavy (non-hydrogen) atoms. The Hall–Kier alpha value is -3.57. The molecule has 5 rings (SSSR count). The van der Waals surface area contributed by atoms with Crippen molar-refractivity contribution in [2.75, 3.05) is 14.1 Å². The Labute approximate surface area is 193 Å². The van der Waals surface area contributed by atoms with Gasteiger partial charge in [0.2, 0.25) is 0 Å². The van der Waals surface area contributed by atoms with Crippen LogP contribution in [0.4, 0.5) is 0 Å². The van der Waals surface area contributed by atoms with Gasteiger partial charge >= 0.3 is 0 Å². The Morgan fingerprint density at radius 1 is 0.812 bits per heavy atom. The molecule has 0 saturated heterocycles. The molecule has 0 atom stereocenters. The fourth-order valence-corrected chi connectivity index (χ4v) is 4.57. The fourth-order valence-electron chi connectivity index (χ4n) is 4.41. The molecule has 2 aliphatic heterocycles. The van der Waals surface area contributed by atoms with Gasteiger partial charge in [0.15, 0.2) is 10.9 Å². The minimum Gasteiger partial charge on any atom is -0.701 e. The second-order valence-electron chi connectivity index (χ2n) is 8.18. The van der Waals surface area contributed by atoms with E-state index >= 15 is 0 Å². The quantitative estimate of drug-likeness (QED) is 0.402. The molecule has 0 fully saturated rings. The normalized spacial score (nSPS) is 18.7. The van der Waals surface area contributed by atoms with Crippen LogP contribution >= 0.6 is 11.6 Å². The lowest BCUT2D eigenvalue weighted by molar-refractivity contribution is -0.462. The Balaban J connectivity index is 1.77. The molecule has 0 N–H and O–H groups in total. The third kappa shape index (κ3) is 3.45. The van der Waals surface area contributed by atoms with Gasteiger partial charge in [0.25, 0.3) is 6.35 Å². The molecule has 6 heteroatoms. The monoisotopic (exact) mass is 438 g/mol. The van der Waals surface area contributed by atoms with Gasteiger partial charge in [-0.3, -0.25) is 0 Å². The predicted molar refractivity (Wildman–Crippen MR) is 133 cm³/mol. The van der Waals surface area contributed by atoms with Crippen LogP contribution in [0.5, 0.6) is 0 Å². The molecule has 4 nitrogen and oxygen atoms in total. The zero-order valence-electron chi connectivity index (χ0n) is 17.9. The van der Waals surface area contributed by atoms with Gasteiger partial charge in [-0.15, -0.1) is 5.43 Å². The predicted octanol–water partition coefficient (Wildman–Crippen LogP) is 3.39. The summed E-state index contributed by atoms with van der Waals surface area (Å²) in [4.78, 5) is 0. The molecular formula is C26H22BClN3O. The summed E-state index contributed by atoms with van der Waals surface area (Å²) in [5.41, 5.74) is 10.1. The molecule has 1 aliphatic carbocycles. The summed E-state index contributed by atoms with van der Waals surface area (Å²) < 4.78 is 9.04. The molecule has 2 aromatic rings. The second kappa shape index (κ2) is 8.17. The van der Waals surface area contributed by atoms with E-state index in [0.29, 0.717) is 5.16 Å². The highest BCUT2D eigenvalue weighted by Gasteiger charge is 2.42. The van der Waals surface area contributed by atoms with Crippen molar-refractivity contribution in [2.24, 2.45) is 5.10 Å². The van der Waals surface area contributed by atoms with Gasteiger partial charge in [-0.25, -0.2) is 4.58 Å². The van der Waals surface area contributed by atoms with Crippen LogP contribution in [-0.4, -0.2) is 36.3 Å². The summed E-state index contributed by atoms with van der Waals surface area (Å²) in [6.45, 7) is 0. The van der Waals surface area contributed by atoms with Gasteiger partial charge < -0.3 is 4.65 Å². The molecule has 1 radical (unpaired) electrons. The summed E-state index contributed by atoms with van der Waals surface area (Å²) in [5.74, 6) is 0.777. The molecule has 0 saturated carbocycles. The minimum atomic E-state index is -1.86. The maximum absolute atomic E-state index is 6.96. The molecule has 3 aliphatic rings. The molecule has 0 bridgehead atoms. The summed E-state index contributed by atoms with van der Waals surface area (Å²) in [6, 6.07) is 20.5. The first-order valence-electron chi connectivity index (χ1n) is 10.6. The highest BCUT2D eigenvalue weighted by atomic mass is 35.5. The Morgan fingerprint density at radius 2 is 1.41 bits per heavy atom. The van der Waals surface area contributed by atoms with E-state index in [2.05, 4.69) is 63.7 Å². The molecule has 157 valence electrons. The van der Waals surface area contributed by atoms with Crippen LogP contribution in [0.15, 0.2) is 124 Å². The molecule has 0 amide bonds. The highest BCUT2D eigenvalue weighted by Crippen LogP contribution is 2.32. The molecule has 0 aromatic heterocycles. The van der Waals surface area contributed by atoms with Crippen molar-refractivity contribution >= 4 is 40.2 Å². The maximum atomic E-state index is 6.96. The third-order valence-corrected chi connectivity index (χ3v) is 6.19. The lowest BCUT2D eigenvalue weighted by Crippen LogP contribution is -2.68. The van der Waals surface area contributed by atoms with Crippen LogP contribution in [-0.2, 0) is 4.65 Å². The van der Waals surface area contributed by atoms with Gasteiger partial charge in [-0.1, -0.05) is 72.3 Å². The van der Waals surface area contributed by atoms with Crippen molar-refractivity contribution in [3.63, 3.8) is 0 Å². The van der Waals surface area contributed by atoms with E-state index in [-0.39, 0.29) is 0 Å². The van der Waals surface area contributed by atoms with Gasteiger partial charge in [-0.2, -0.15) is 16.0 Å².